The van der Waals surface area contributed by atoms with Crippen LogP contribution in [0.4, 0.5) is 4.39 Å². The number of carbonyl (C=O) groups excluding carboxylic acids is 1. The van der Waals surface area contributed by atoms with Gasteiger partial charge in [0, 0.05) is 23.5 Å². The molecule has 0 radical (unpaired) electrons. The molecule has 0 aliphatic rings. The fourth-order valence-corrected chi connectivity index (χ4v) is 4.71. The number of Topliss-reactive ketones (excluding diaryl/α,β-unsaturated/α-hetero) is 1. The maximum atomic E-state index is 13.1. The lowest BCUT2D eigenvalue weighted by Gasteiger charge is -2.10. The fourth-order valence-electron chi connectivity index (χ4n) is 3.36. The van der Waals surface area contributed by atoms with Crippen molar-refractivity contribution < 1.29 is 9.18 Å². The molecule has 0 saturated heterocycles. The molecule has 4 aromatic rings. The van der Waals surface area contributed by atoms with E-state index in [9.17, 15) is 9.18 Å². The van der Waals surface area contributed by atoms with Gasteiger partial charge in [0.15, 0.2) is 11.6 Å². The third-order valence-corrected chi connectivity index (χ3v) is 6.69. The Kier molecular flexibility index (Phi) is 6.15. The van der Waals surface area contributed by atoms with Gasteiger partial charge in [-0.05, 0) is 55.5 Å². The predicted octanol–water partition coefficient (Wildman–Crippen LogP) is 5.31. The van der Waals surface area contributed by atoms with Gasteiger partial charge >= 0.3 is 0 Å². The minimum absolute atomic E-state index is 0.0589. The quantitative estimate of drug-likeness (QED) is 0.298. The molecule has 0 saturated carbocycles. The van der Waals surface area contributed by atoms with Crippen molar-refractivity contribution in [2.75, 3.05) is 5.75 Å². The summed E-state index contributed by atoms with van der Waals surface area (Å²) < 4.78 is 15.2. The molecule has 0 bridgehead atoms. The molecule has 0 spiro atoms. The number of nitrogens with one attached hydrogen (secondary N) is 1. The fraction of sp³-hybridized carbons (Fsp3) is 0.227. The molecular formula is C22H21FN4OS2. The Morgan fingerprint density at radius 3 is 2.77 bits per heavy atom. The van der Waals surface area contributed by atoms with E-state index < -0.39 is 0 Å². The summed E-state index contributed by atoms with van der Waals surface area (Å²) in [5.74, 6) is 0.832. The van der Waals surface area contributed by atoms with E-state index in [-0.39, 0.29) is 17.4 Å². The molecule has 5 nitrogen and oxygen atoms in total. The van der Waals surface area contributed by atoms with E-state index in [4.69, 9.17) is 0 Å². The van der Waals surface area contributed by atoms with Crippen LogP contribution in [0, 0.1) is 19.7 Å². The summed E-state index contributed by atoms with van der Waals surface area (Å²) >= 11 is 2.92. The Labute approximate surface area is 182 Å². The second-order valence-corrected chi connectivity index (χ2v) is 8.86. The molecule has 8 heteroatoms. The maximum Gasteiger partial charge on any atom is 0.209 e. The Balaban J connectivity index is 1.39. The summed E-state index contributed by atoms with van der Waals surface area (Å²) in [6, 6.07) is 12.4. The van der Waals surface area contributed by atoms with Crippen LogP contribution in [0.5, 0.6) is 0 Å². The molecule has 0 unspecified atom stereocenters. The SMILES string of the molecule is Cc1cc(C(=O)CSc2n[nH]c(-c3cccs3)n2)c(C)n1CCc1ccc(F)cc1. The highest BCUT2D eigenvalue weighted by Gasteiger charge is 2.17. The van der Waals surface area contributed by atoms with Crippen molar-refractivity contribution in [3.8, 4) is 10.7 Å². The standard InChI is InChI=1S/C22H21FN4OS2/c1-14-12-18(15(2)27(14)10-9-16-5-7-17(23)8-6-16)19(28)13-30-22-24-21(25-26-22)20-4-3-11-29-20/h3-8,11-12H,9-10,13H2,1-2H3,(H,24,25,26). The monoisotopic (exact) mass is 440 g/mol. The number of ketones is 1. The van der Waals surface area contributed by atoms with E-state index in [1.54, 1.807) is 23.5 Å². The van der Waals surface area contributed by atoms with Crippen LogP contribution < -0.4 is 0 Å². The zero-order chi connectivity index (χ0) is 21.1. The first-order chi connectivity index (χ1) is 14.5. The van der Waals surface area contributed by atoms with Gasteiger partial charge in [0.2, 0.25) is 5.16 Å². The molecule has 3 aromatic heterocycles. The van der Waals surface area contributed by atoms with Gasteiger partial charge in [0.1, 0.15) is 5.82 Å². The minimum Gasteiger partial charge on any atom is -0.348 e. The van der Waals surface area contributed by atoms with Crippen LogP contribution >= 0.6 is 23.1 Å². The summed E-state index contributed by atoms with van der Waals surface area (Å²) in [7, 11) is 0. The lowest BCUT2D eigenvalue weighted by Crippen LogP contribution is -2.08. The number of aryl methyl sites for hydroxylation is 2. The zero-order valence-corrected chi connectivity index (χ0v) is 18.3. The van der Waals surface area contributed by atoms with Crippen molar-refractivity contribution in [2.24, 2.45) is 0 Å². The highest BCUT2D eigenvalue weighted by molar-refractivity contribution is 7.99. The number of aromatic nitrogens is 4. The Bertz CT molecular complexity index is 1150. The second kappa shape index (κ2) is 8.97. The first-order valence-corrected chi connectivity index (χ1v) is 11.4. The zero-order valence-electron chi connectivity index (χ0n) is 16.7. The van der Waals surface area contributed by atoms with Crippen molar-refractivity contribution in [1.82, 2.24) is 19.7 Å². The Morgan fingerprint density at radius 2 is 2.03 bits per heavy atom. The number of carbonyl (C=O) groups is 1. The van der Waals surface area contributed by atoms with E-state index >= 15 is 0 Å². The van der Waals surface area contributed by atoms with Crippen LogP contribution in [-0.2, 0) is 13.0 Å². The van der Waals surface area contributed by atoms with Crippen molar-refractivity contribution in [3.63, 3.8) is 0 Å². The average molecular weight is 441 g/mol. The van der Waals surface area contributed by atoms with Gasteiger partial charge in [-0.25, -0.2) is 9.37 Å². The molecule has 0 aliphatic heterocycles. The van der Waals surface area contributed by atoms with E-state index in [0.29, 0.717) is 5.16 Å². The topological polar surface area (TPSA) is 63.6 Å². The molecule has 0 atom stereocenters. The molecule has 1 aromatic carbocycles. The van der Waals surface area contributed by atoms with Crippen molar-refractivity contribution in [2.45, 2.75) is 32.0 Å². The van der Waals surface area contributed by atoms with Gasteiger partial charge in [0.05, 0.1) is 10.6 Å². The summed E-state index contributed by atoms with van der Waals surface area (Å²) in [6.45, 7) is 4.72. The third-order valence-electron chi connectivity index (χ3n) is 4.96. The summed E-state index contributed by atoms with van der Waals surface area (Å²) in [5.41, 5.74) is 3.79. The van der Waals surface area contributed by atoms with Crippen LogP contribution in [0.1, 0.15) is 27.3 Å². The van der Waals surface area contributed by atoms with Crippen molar-refractivity contribution in [1.29, 1.82) is 0 Å². The number of halogens is 1. The lowest BCUT2D eigenvalue weighted by molar-refractivity contribution is 0.102. The van der Waals surface area contributed by atoms with Crippen LogP contribution in [-0.4, -0.2) is 31.3 Å². The summed E-state index contributed by atoms with van der Waals surface area (Å²) in [4.78, 5) is 18.3. The third kappa shape index (κ3) is 4.55. The number of thioether (sulfide) groups is 1. The lowest BCUT2D eigenvalue weighted by atomic mass is 10.1. The smallest absolute Gasteiger partial charge is 0.209 e. The molecule has 3 heterocycles. The number of benzene rings is 1. The van der Waals surface area contributed by atoms with E-state index in [0.717, 1.165) is 46.2 Å². The molecular weight excluding hydrogens is 419 g/mol. The van der Waals surface area contributed by atoms with Gasteiger partial charge in [0.25, 0.3) is 0 Å². The number of H-pyrrole nitrogens is 1. The van der Waals surface area contributed by atoms with Crippen LogP contribution in [0.3, 0.4) is 0 Å². The number of thiophene rings is 1. The highest BCUT2D eigenvalue weighted by Crippen LogP contribution is 2.24. The number of hydrogen-bond donors (Lipinski definition) is 1. The molecule has 0 fully saturated rings. The summed E-state index contributed by atoms with van der Waals surface area (Å²) in [6.07, 6.45) is 0.779. The van der Waals surface area contributed by atoms with Gasteiger partial charge in [-0.3, -0.25) is 9.89 Å². The van der Waals surface area contributed by atoms with Gasteiger partial charge in [-0.1, -0.05) is 30.0 Å². The normalized spacial score (nSPS) is 11.2. The number of rotatable bonds is 8. The first kappa shape index (κ1) is 20.6. The van der Waals surface area contributed by atoms with Crippen molar-refractivity contribution >= 4 is 28.9 Å². The van der Waals surface area contributed by atoms with E-state index in [2.05, 4.69) is 19.7 Å². The minimum atomic E-state index is -0.230. The molecule has 154 valence electrons. The van der Waals surface area contributed by atoms with Crippen LogP contribution in [0.25, 0.3) is 10.7 Å². The first-order valence-electron chi connectivity index (χ1n) is 9.54. The van der Waals surface area contributed by atoms with Crippen molar-refractivity contribution in [3.05, 3.63) is 76.2 Å². The van der Waals surface area contributed by atoms with E-state index in [1.807, 2.05) is 37.4 Å². The number of hydrogen-bond acceptors (Lipinski definition) is 5. The molecule has 30 heavy (non-hydrogen) atoms. The second-order valence-electron chi connectivity index (χ2n) is 6.97. The van der Waals surface area contributed by atoms with Gasteiger partial charge < -0.3 is 4.57 Å². The van der Waals surface area contributed by atoms with Crippen LogP contribution in [0.2, 0.25) is 0 Å². The average Bonchev–Trinajstić information content (AvgIpc) is 3.47. The molecule has 4 rings (SSSR count). The highest BCUT2D eigenvalue weighted by atomic mass is 32.2. The van der Waals surface area contributed by atoms with E-state index in [1.165, 1.54) is 23.9 Å². The van der Waals surface area contributed by atoms with Gasteiger partial charge in [-0.2, -0.15) is 0 Å². The Morgan fingerprint density at radius 1 is 1.23 bits per heavy atom. The number of aromatic amines is 1. The van der Waals surface area contributed by atoms with Crippen LogP contribution in [0.15, 0.2) is 53.0 Å². The molecule has 0 amide bonds. The predicted molar refractivity (Wildman–Crippen MR) is 119 cm³/mol. The molecule has 1 N–H and O–H groups in total. The largest absolute Gasteiger partial charge is 0.348 e. The maximum absolute atomic E-state index is 13.1. The molecule has 0 aliphatic carbocycles. The summed E-state index contributed by atoms with van der Waals surface area (Å²) in [5, 5.41) is 9.68. The Hall–Kier alpha value is -2.71. The number of nitrogens with zero attached hydrogens (tertiary/aromatic N) is 3. The van der Waals surface area contributed by atoms with Gasteiger partial charge in [-0.15, -0.1) is 16.4 Å².